The molecule has 0 aromatic heterocycles. The van der Waals surface area contributed by atoms with E-state index in [-0.39, 0.29) is 4.90 Å². The van der Waals surface area contributed by atoms with Crippen LogP contribution in [0.1, 0.15) is 16.7 Å². The Kier molecular flexibility index (Phi) is 4.90. The molecule has 0 atom stereocenters. The molecule has 0 aliphatic heterocycles. The van der Waals surface area contributed by atoms with Gasteiger partial charge in [0.25, 0.3) is 10.0 Å². The van der Waals surface area contributed by atoms with Gasteiger partial charge in [-0.05, 0) is 83.5 Å². The fraction of sp³-hybridized carbons (Fsp3) is 0.200. The Balaban J connectivity index is 2.42. The van der Waals surface area contributed by atoms with Gasteiger partial charge in [-0.25, -0.2) is 8.42 Å². The van der Waals surface area contributed by atoms with Crippen molar-refractivity contribution < 1.29 is 8.42 Å². The van der Waals surface area contributed by atoms with Crippen molar-refractivity contribution in [2.24, 2.45) is 5.73 Å². The van der Waals surface area contributed by atoms with E-state index in [1.165, 1.54) is 0 Å². The van der Waals surface area contributed by atoms with E-state index in [1.54, 1.807) is 25.1 Å². The third-order valence-corrected chi connectivity index (χ3v) is 5.48. The fourth-order valence-electron chi connectivity index (χ4n) is 2.11. The zero-order chi connectivity index (χ0) is 15.6. The summed E-state index contributed by atoms with van der Waals surface area (Å²) in [6.45, 7) is 4.03. The smallest absolute Gasteiger partial charge is 0.262 e. The van der Waals surface area contributed by atoms with E-state index in [0.29, 0.717) is 17.8 Å². The molecule has 0 heterocycles. The van der Waals surface area contributed by atoms with Crippen LogP contribution in [0.25, 0.3) is 0 Å². The van der Waals surface area contributed by atoms with Gasteiger partial charge in [0.05, 0.1) is 4.90 Å². The second-order valence-electron chi connectivity index (χ2n) is 4.86. The van der Waals surface area contributed by atoms with E-state index < -0.39 is 10.0 Å². The largest absolute Gasteiger partial charge is 0.326 e. The molecular weight excluding hydrogens is 399 g/mol. The molecule has 0 saturated carbocycles. The summed E-state index contributed by atoms with van der Waals surface area (Å²) in [5.74, 6) is 0. The van der Waals surface area contributed by atoms with Crippen molar-refractivity contribution in [3.8, 4) is 0 Å². The summed E-state index contributed by atoms with van der Waals surface area (Å²) in [5.41, 5.74) is 8.76. The SMILES string of the molecule is Cc1cc(C)c(S(=O)(=O)Nc2ccc(I)cc2)cc1CN. The van der Waals surface area contributed by atoms with Crippen LogP contribution in [-0.2, 0) is 16.6 Å². The Morgan fingerprint density at radius 1 is 1.10 bits per heavy atom. The van der Waals surface area contributed by atoms with Crippen molar-refractivity contribution in [3.63, 3.8) is 0 Å². The molecule has 0 fully saturated rings. The predicted molar refractivity (Wildman–Crippen MR) is 93.8 cm³/mol. The van der Waals surface area contributed by atoms with Gasteiger partial charge < -0.3 is 5.73 Å². The first-order chi connectivity index (χ1) is 9.83. The third kappa shape index (κ3) is 3.75. The van der Waals surface area contributed by atoms with Crippen molar-refractivity contribution in [2.75, 3.05) is 4.72 Å². The van der Waals surface area contributed by atoms with Crippen molar-refractivity contribution in [1.82, 2.24) is 0 Å². The molecule has 21 heavy (non-hydrogen) atoms. The van der Waals surface area contributed by atoms with E-state index >= 15 is 0 Å². The summed E-state index contributed by atoms with van der Waals surface area (Å²) in [4.78, 5) is 0.270. The average Bonchev–Trinajstić information content (AvgIpc) is 2.41. The first kappa shape index (κ1) is 16.3. The average molecular weight is 416 g/mol. The Morgan fingerprint density at radius 2 is 1.71 bits per heavy atom. The van der Waals surface area contributed by atoms with Crippen LogP contribution >= 0.6 is 22.6 Å². The summed E-state index contributed by atoms with van der Waals surface area (Å²) >= 11 is 2.17. The molecule has 112 valence electrons. The molecule has 4 nitrogen and oxygen atoms in total. The molecule has 0 unspecified atom stereocenters. The summed E-state index contributed by atoms with van der Waals surface area (Å²) in [7, 11) is -3.61. The number of aryl methyl sites for hydroxylation is 2. The van der Waals surface area contributed by atoms with Crippen molar-refractivity contribution in [1.29, 1.82) is 0 Å². The highest BCUT2D eigenvalue weighted by Crippen LogP contribution is 2.23. The highest BCUT2D eigenvalue weighted by atomic mass is 127. The van der Waals surface area contributed by atoms with Gasteiger partial charge in [-0.1, -0.05) is 6.07 Å². The van der Waals surface area contributed by atoms with Crippen LogP contribution in [0.2, 0.25) is 0 Å². The number of rotatable bonds is 4. The molecule has 0 aliphatic rings. The van der Waals surface area contributed by atoms with Crippen LogP contribution in [0.15, 0.2) is 41.3 Å². The van der Waals surface area contributed by atoms with E-state index in [0.717, 1.165) is 14.7 Å². The minimum atomic E-state index is -3.61. The van der Waals surface area contributed by atoms with Crippen LogP contribution in [0.3, 0.4) is 0 Å². The van der Waals surface area contributed by atoms with Crippen LogP contribution in [0.5, 0.6) is 0 Å². The number of sulfonamides is 1. The number of benzene rings is 2. The minimum Gasteiger partial charge on any atom is -0.326 e. The topological polar surface area (TPSA) is 72.2 Å². The Labute approximate surface area is 138 Å². The van der Waals surface area contributed by atoms with Crippen LogP contribution in [0.4, 0.5) is 5.69 Å². The summed E-state index contributed by atoms with van der Waals surface area (Å²) in [6, 6.07) is 10.7. The molecule has 0 radical (unpaired) electrons. The molecule has 2 rings (SSSR count). The normalized spacial score (nSPS) is 11.4. The maximum Gasteiger partial charge on any atom is 0.262 e. The van der Waals surface area contributed by atoms with Gasteiger partial charge in [0.2, 0.25) is 0 Å². The molecule has 0 saturated heterocycles. The Bertz CT molecular complexity index is 756. The molecule has 3 N–H and O–H groups in total. The zero-order valence-electron chi connectivity index (χ0n) is 11.9. The number of halogens is 1. The highest BCUT2D eigenvalue weighted by Gasteiger charge is 2.18. The van der Waals surface area contributed by atoms with Gasteiger partial charge in [-0.2, -0.15) is 0 Å². The Hall–Kier alpha value is -1.12. The summed E-state index contributed by atoms with van der Waals surface area (Å²) in [6.07, 6.45) is 0. The molecule has 0 spiro atoms. The van der Waals surface area contributed by atoms with Gasteiger partial charge in [0.1, 0.15) is 0 Å². The lowest BCUT2D eigenvalue weighted by Gasteiger charge is -2.13. The van der Waals surface area contributed by atoms with Gasteiger partial charge >= 0.3 is 0 Å². The number of hydrogen-bond acceptors (Lipinski definition) is 3. The van der Waals surface area contributed by atoms with E-state index in [2.05, 4.69) is 27.3 Å². The number of nitrogens with two attached hydrogens (primary N) is 1. The van der Waals surface area contributed by atoms with Gasteiger partial charge in [0, 0.05) is 15.8 Å². The first-order valence-electron chi connectivity index (χ1n) is 6.42. The minimum absolute atomic E-state index is 0.270. The third-order valence-electron chi connectivity index (χ3n) is 3.24. The maximum atomic E-state index is 12.5. The standard InChI is InChI=1S/C15H17IN2O2S/c1-10-7-11(2)15(8-12(10)9-17)21(19,20)18-14-5-3-13(16)4-6-14/h3-8,18H,9,17H2,1-2H3. The van der Waals surface area contributed by atoms with Crippen molar-refractivity contribution >= 4 is 38.3 Å². The second-order valence-corrected chi connectivity index (χ2v) is 7.76. The molecule has 6 heteroatoms. The molecular formula is C15H17IN2O2S. The van der Waals surface area contributed by atoms with E-state index in [1.807, 2.05) is 25.1 Å². The highest BCUT2D eigenvalue weighted by molar-refractivity contribution is 14.1. The van der Waals surface area contributed by atoms with Gasteiger partial charge in [-0.15, -0.1) is 0 Å². The van der Waals surface area contributed by atoms with Crippen LogP contribution in [0, 0.1) is 17.4 Å². The van der Waals surface area contributed by atoms with Crippen LogP contribution < -0.4 is 10.5 Å². The molecule has 2 aromatic carbocycles. The summed E-state index contributed by atoms with van der Waals surface area (Å²) < 4.78 is 28.7. The fourth-order valence-corrected chi connectivity index (χ4v) is 3.81. The van der Waals surface area contributed by atoms with E-state index in [4.69, 9.17) is 5.73 Å². The van der Waals surface area contributed by atoms with E-state index in [9.17, 15) is 8.42 Å². The Morgan fingerprint density at radius 3 is 2.29 bits per heavy atom. The first-order valence-corrected chi connectivity index (χ1v) is 8.98. The lowest BCUT2D eigenvalue weighted by molar-refractivity contribution is 0.600. The quantitative estimate of drug-likeness (QED) is 0.753. The van der Waals surface area contributed by atoms with Gasteiger partial charge in [-0.3, -0.25) is 4.72 Å². The molecule has 0 bridgehead atoms. The lowest BCUT2D eigenvalue weighted by atomic mass is 10.1. The molecule has 2 aromatic rings. The predicted octanol–water partition coefficient (Wildman–Crippen LogP) is 3.17. The number of nitrogens with one attached hydrogen (secondary N) is 1. The van der Waals surface area contributed by atoms with Crippen LogP contribution in [-0.4, -0.2) is 8.42 Å². The lowest BCUT2D eigenvalue weighted by Crippen LogP contribution is -2.15. The second kappa shape index (κ2) is 6.33. The van der Waals surface area contributed by atoms with Crippen molar-refractivity contribution in [3.05, 3.63) is 56.7 Å². The number of hydrogen-bond donors (Lipinski definition) is 2. The van der Waals surface area contributed by atoms with Crippen molar-refractivity contribution in [2.45, 2.75) is 25.3 Å². The van der Waals surface area contributed by atoms with Gasteiger partial charge in [0.15, 0.2) is 0 Å². The zero-order valence-corrected chi connectivity index (χ0v) is 14.8. The summed E-state index contributed by atoms with van der Waals surface area (Å²) in [5, 5.41) is 0. The monoisotopic (exact) mass is 416 g/mol. The maximum absolute atomic E-state index is 12.5. The number of anilines is 1. The molecule has 0 amide bonds. The molecule has 0 aliphatic carbocycles.